The van der Waals surface area contributed by atoms with E-state index in [0.717, 1.165) is 0 Å². The molecule has 0 aliphatic carbocycles. The van der Waals surface area contributed by atoms with Crippen LogP contribution in [0.5, 0.6) is 5.75 Å². The molecule has 0 atom stereocenters. The highest BCUT2D eigenvalue weighted by atomic mass is 79.9. The summed E-state index contributed by atoms with van der Waals surface area (Å²) in [6.45, 7) is 0. The predicted octanol–water partition coefficient (Wildman–Crippen LogP) is 2.16. The number of carbonyl (C=O) groups is 2. The van der Waals surface area contributed by atoms with Crippen LogP contribution in [0.4, 0.5) is 0 Å². The second-order valence-corrected chi connectivity index (χ2v) is 3.69. The molecule has 0 aliphatic heterocycles. The van der Waals surface area contributed by atoms with Crippen LogP contribution in [0.15, 0.2) is 24.3 Å². The van der Waals surface area contributed by atoms with E-state index < -0.39 is 11.9 Å². The first-order valence-corrected chi connectivity index (χ1v) is 5.75. The summed E-state index contributed by atoms with van der Waals surface area (Å²) in [4.78, 5) is 22.6. The predicted molar refractivity (Wildman–Crippen MR) is 61.8 cm³/mol. The minimum atomic E-state index is -0.526. The minimum Gasteiger partial charge on any atom is -0.465 e. The average Bonchev–Trinajstić information content (AvgIpc) is 2.29. The zero-order valence-electron chi connectivity index (χ0n) is 8.73. The number of para-hydroxylation sites is 1. The second kappa shape index (κ2) is 6.27. The first-order chi connectivity index (χ1) is 7.69. The molecule has 0 heterocycles. The second-order valence-electron chi connectivity index (χ2n) is 2.90. The van der Waals surface area contributed by atoms with E-state index in [1.54, 1.807) is 24.3 Å². The quantitative estimate of drug-likeness (QED) is 0.484. The van der Waals surface area contributed by atoms with Crippen molar-refractivity contribution in [2.24, 2.45) is 0 Å². The first-order valence-electron chi connectivity index (χ1n) is 4.63. The van der Waals surface area contributed by atoms with E-state index in [9.17, 15) is 9.59 Å². The van der Waals surface area contributed by atoms with Gasteiger partial charge in [0.05, 0.1) is 13.5 Å². The standard InChI is InChI=1S/C11H11BrO4/c1-15-11(14)8-4-2-3-5-9(8)16-10(13)6-7-12/h2-5H,6-7H2,1H3. The number of esters is 2. The van der Waals surface area contributed by atoms with Gasteiger partial charge in [-0.3, -0.25) is 4.79 Å². The zero-order valence-corrected chi connectivity index (χ0v) is 10.3. The fraction of sp³-hybridized carbons (Fsp3) is 0.273. The molecule has 4 nitrogen and oxygen atoms in total. The molecule has 0 unspecified atom stereocenters. The number of halogens is 1. The van der Waals surface area contributed by atoms with Crippen LogP contribution in [0.2, 0.25) is 0 Å². The van der Waals surface area contributed by atoms with Crippen molar-refractivity contribution in [3.05, 3.63) is 29.8 Å². The average molecular weight is 287 g/mol. The number of hydrogen-bond donors (Lipinski definition) is 0. The van der Waals surface area contributed by atoms with Crippen LogP contribution in [-0.4, -0.2) is 24.4 Å². The summed E-state index contributed by atoms with van der Waals surface area (Å²) in [5.74, 6) is -0.698. The van der Waals surface area contributed by atoms with Gasteiger partial charge in [0, 0.05) is 5.33 Å². The molecule has 1 aromatic carbocycles. The molecule has 0 aromatic heterocycles. The van der Waals surface area contributed by atoms with Crippen molar-refractivity contribution in [1.82, 2.24) is 0 Å². The molecule has 16 heavy (non-hydrogen) atoms. The maximum atomic E-state index is 11.4. The van der Waals surface area contributed by atoms with Crippen LogP contribution in [0.25, 0.3) is 0 Å². The van der Waals surface area contributed by atoms with Gasteiger partial charge in [-0.15, -0.1) is 0 Å². The molecule has 5 heteroatoms. The van der Waals surface area contributed by atoms with Crippen LogP contribution in [-0.2, 0) is 9.53 Å². The van der Waals surface area contributed by atoms with Crippen molar-refractivity contribution < 1.29 is 19.1 Å². The summed E-state index contributed by atoms with van der Waals surface area (Å²) >= 11 is 3.13. The number of carbonyl (C=O) groups excluding carboxylic acids is 2. The number of hydrogen-bond acceptors (Lipinski definition) is 4. The Hall–Kier alpha value is -1.36. The van der Waals surface area contributed by atoms with Gasteiger partial charge in [0.25, 0.3) is 0 Å². The Morgan fingerprint density at radius 2 is 2.00 bits per heavy atom. The van der Waals surface area contributed by atoms with Gasteiger partial charge >= 0.3 is 11.9 Å². The van der Waals surface area contributed by atoms with Crippen LogP contribution >= 0.6 is 15.9 Å². The lowest BCUT2D eigenvalue weighted by Gasteiger charge is -2.07. The van der Waals surface area contributed by atoms with E-state index in [-0.39, 0.29) is 17.7 Å². The molecule has 0 radical (unpaired) electrons. The number of benzene rings is 1. The van der Waals surface area contributed by atoms with Crippen LogP contribution in [0.3, 0.4) is 0 Å². The van der Waals surface area contributed by atoms with Crippen molar-refractivity contribution >= 4 is 27.9 Å². The molecule has 1 rings (SSSR count). The highest BCUT2D eigenvalue weighted by molar-refractivity contribution is 9.09. The monoisotopic (exact) mass is 286 g/mol. The van der Waals surface area contributed by atoms with E-state index in [1.807, 2.05) is 0 Å². The normalized spacial score (nSPS) is 9.62. The Kier molecular flexibility index (Phi) is 4.98. The minimum absolute atomic E-state index is 0.223. The lowest BCUT2D eigenvalue weighted by Crippen LogP contribution is -2.12. The molecule has 0 bridgehead atoms. The fourth-order valence-electron chi connectivity index (χ4n) is 1.09. The molecular weight excluding hydrogens is 276 g/mol. The molecule has 0 saturated heterocycles. The van der Waals surface area contributed by atoms with Crippen LogP contribution in [0, 0.1) is 0 Å². The molecule has 86 valence electrons. The van der Waals surface area contributed by atoms with Gasteiger partial charge in [-0.05, 0) is 12.1 Å². The van der Waals surface area contributed by atoms with Gasteiger partial charge in [0.1, 0.15) is 11.3 Å². The topological polar surface area (TPSA) is 52.6 Å². The SMILES string of the molecule is COC(=O)c1ccccc1OC(=O)CCBr. The molecule has 0 N–H and O–H groups in total. The highest BCUT2D eigenvalue weighted by Gasteiger charge is 2.14. The lowest BCUT2D eigenvalue weighted by atomic mass is 10.2. The highest BCUT2D eigenvalue weighted by Crippen LogP contribution is 2.19. The molecule has 0 fully saturated rings. The maximum Gasteiger partial charge on any atom is 0.341 e. The van der Waals surface area contributed by atoms with E-state index in [2.05, 4.69) is 20.7 Å². The summed E-state index contributed by atoms with van der Waals surface area (Å²) in [6, 6.07) is 6.46. The molecule has 0 amide bonds. The van der Waals surface area contributed by atoms with E-state index in [1.165, 1.54) is 7.11 Å². The Morgan fingerprint density at radius 3 is 2.62 bits per heavy atom. The summed E-state index contributed by atoms with van der Waals surface area (Å²) in [5.41, 5.74) is 0.243. The summed E-state index contributed by atoms with van der Waals surface area (Å²) in [7, 11) is 1.28. The Balaban J connectivity index is 2.87. The van der Waals surface area contributed by atoms with Crippen molar-refractivity contribution in [2.75, 3.05) is 12.4 Å². The van der Waals surface area contributed by atoms with E-state index in [0.29, 0.717) is 5.33 Å². The van der Waals surface area contributed by atoms with Crippen molar-refractivity contribution in [3.63, 3.8) is 0 Å². The van der Waals surface area contributed by atoms with Gasteiger partial charge in [0.2, 0.25) is 0 Å². The van der Waals surface area contributed by atoms with Gasteiger partial charge in [-0.2, -0.15) is 0 Å². The Labute approximate surface area is 102 Å². The Morgan fingerprint density at radius 1 is 1.31 bits per heavy atom. The van der Waals surface area contributed by atoms with Gasteiger partial charge in [0.15, 0.2) is 0 Å². The first kappa shape index (κ1) is 12.7. The molecule has 0 aliphatic rings. The third-order valence-electron chi connectivity index (χ3n) is 1.81. The fourth-order valence-corrected chi connectivity index (χ4v) is 1.41. The van der Waals surface area contributed by atoms with Crippen molar-refractivity contribution in [2.45, 2.75) is 6.42 Å². The number of ether oxygens (including phenoxy) is 2. The summed E-state index contributed by atoms with van der Waals surface area (Å²) in [5, 5.41) is 0.520. The molecule has 0 saturated carbocycles. The number of rotatable bonds is 4. The van der Waals surface area contributed by atoms with Crippen LogP contribution < -0.4 is 4.74 Å². The zero-order chi connectivity index (χ0) is 12.0. The molecule has 1 aromatic rings. The third kappa shape index (κ3) is 3.34. The van der Waals surface area contributed by atoms with E-state index in [4.69, 9.17) is 4.74 Å². The Bertz CT molecular complexity index is 389. The smallest absolute Gasteiger partial charge is 0.341 e. The lowest BCUT2D eigenvalue weighted by molar-refractivity contribution is -0.133. The largest absolute Gasteiger partial charge is 0.465 e. The molecular formula is C11H11BrO4. The van der Waals surface area contributed by atoms with Gasteiger partial charge < -0.3 is 9.47 Å². The van der Waals surface area contributed by atoms with Crippen LogP contribution in [0.1, 0.15) is 16.8 Å². The maximum absolute atomic E-state index is 11.4. The van der Waals surface area contributed by atoms with Gasteiger partial charge in [-0.25, -0.2) is 4.79 Å². The third-order valence-corrected chi connectivity index (χ3v) is 2.21. The van der Waals surface area contributed by atoms with E-state index >= 15 is 0 Å². The summed E-state index contributed by atoms with van der Waals surface area (Å²) < 4.78 is 9.62. The van der Waals surface area contributed by atoms with Gasteiger partial charge in [-0.1, -0.05) is 28.1 Å². The summed E-state index contributed by atoms with van der Waals surface area (Å²) in [6.07, 6.45) is 0.246. The van der Waals surface area contributed by atoms with Crippen molar-refractivity contribution in [1.29, 1.82) is 0 Å². The number of alkyl halides is 1. The molecule has 0 spiro atoms. The number of methoxy groups -OCH3 is 1. The van der Waals surface area contributed by atoms with Crippen molar-refractivity contribution in [3.8, 4) is 5.75 Å².